The second-order valence-electron chi connectivity index (χ2n) is 5.05. The number of nitrogens with zero attached hydrogens (tertiary/aromatic N) is 1. The van der Waals surface area contributed by atoms with Crippen molar-refractivity contribution in [2.75, 3.05) is 14.2 Å². The monoisotopic (exact) mass is 329 g/mol. The lowest BCUT2D eigenvalue weighted by Crippen LogP contribution is -1.93. The van der Waals surface area contributed by atoms with Gasteiger partial charge in [-0.15, -0.1) is 0 Å². The highest BCUT2D eigenvalue weighted by Gasteiger charge is 2.11. The fourth-order valence-corrected chi connectivity index (χ4v) is 2.47. The van der Waals surface area contributed by atoms with E-state index in [0.29, 0.717) is 28.0 Å². The predicted molar refractivity (Wildman–Crippen MR) is 91.1 cm³/mol. The Labute approximate surface area is 139 Å². The number of rotatable bonds is 4. The molecule has 0 N–H and O–H groups in total. The van der Waals surface area contributed by atoms with Crippen molar-refractivity contribution >= 4 is 22.5 Å². The van der Waals surface area contributed by atoms with Gasteiger partial charge in [0, 0.05) is 22.7 Å². The summed E-state index contributed by atoms with van der Waals surface area (Å²) in [5.41, 5.74) is 1.77. The zero-order chi connectivity index (χ0) is 16.4. The Hall–Kier alpha value is -2.46. The molecule has 0 fully saturated rings. The van der Waals surface area contributed by atoms with Crippen molar-refractivity contribution in [3.05, 3.63) is 53.2 Å². The molecule has 0 aliphatic heterocycles. The van der Waals surface area contributed by atoms with E-state index in [9.17, 15) is 0 Å². The molecule has 0 spiro atoms. The molecule has 2 aromatic carbocycles. The average Bonchev–Trinajstić information content (AvgIpc) is 2.57. The van der Waals surface area contributed by atoms with Gasteiger partial charge < -0.3 is 14.2 Å². The third-order valence-electron chi connectivity index (χ3n) is 3.58. The Morgan fingerprint density at radius 1 is 0.913 bits per heavy atom. The number of ether oxygens (including phenoxy) is 3. The molecule has 3 aromatic rings. The topological polar surface area (TPSA) is 40.6 Å². The molecule has 0 saturated heterocycles. The summed E-state index contributed by atoms with van der Waals surface area (Å²) in [6.45, 7) is 1.95. The van der Waals surface area contributed by atoms with Crippen LogP contribution in [0.2, 0.25) is 5.02 Å². The summed E-state index contributed by atoms with van der Waals surface area (Å²) in [5, 5.41) is 1.50. The number of hydrogen-bond donors (Lipinski definition) is 0. The molecular weight excluding hydrogens is 314 g/mol. The Kier molecular flexibility index (Phi) is 4.26. The average molecular weight is 330 g/mol. The quantitative estimate of drug-likeness (QED) is 0.675. The van der Waals surface area contributed by atoms with Crippen LogP contribution in [-0.2, 0) is 0 Å². The Balaban J connectivity index is 2.08. The minimum absolute atomic E-state index is 0.625. The van der Waals surface area contributed by atoms with Crippen molar-refractivity contribution in [2.24, 2.45) is 0 Å². The van der Waals surface area contributed by atoms with Crippen molar-refractivity contribution in [3.8, 4) is 23.0 Å². The van der Waals surface area contributed by atoms with Crippen LogP contribution in [0.5, 0.6) is 23.0 Å². The van der Waals surface area contributed by atoms with Gasteiger partial charge in [-0.1, -0.05) is 17.7 Å². The van der Waals surface area contributed by atoms with Crippen LogP contribution >= 0.6 is 11.6 Å². The van der Waals surface area contributed by atoms with E-state index in [1.807, 2.05) is 37.3 Å². The van der Waals surface area contributed by atoms with Gasteiger partial charge in [-0.25, -0.2) is 0 Å². The molecule has 0 saturated carbocycles. The first-order valence-corrected chi connectivity index (χ1v) is 7.45. The first-order chi connectivity index (χ1) is 11.1. The largest absolute Gasteiger partial charge is 0.493 e. The fraction of sp³-hybridized carbons (Fsp3) is 0.167. The fourth-order valence-electron chi connectivity index (χ4n) is 2.30. The maximum absolute atomic E-state index is 6.16. The van der Waals surface area contributed by atoms with E-state index in [1.165, 1.54) is 0 Å². The van der Waals surface area contributed by atoms with Crippen molar-refractivity contribution in [1.82, 2.24) is 4.98 Å². The Bertz CT molecular complexity index is 864. The van der Waals surface area contributed by atoms with Crippen LogP contribution in [0.3, 0.4) is 0 Å². The number of halogens is 1. The van der Waals surface area contributed by atoms with E-state index >= 15 is 0 Å². The third kappa shape index (κ3) is 3.03. The van der Waals surface area contributed by atoms with Gasteiger partial charge in [0.25, 0.3) is 0 Å². The first-order valence-electron chi connectivity index (χ1n) is 7.07. The lowest BCUT2D eigenvalue weighted by molar-refractivity contribution is 0.355. The molecule has 4 nitrogen and oxygen atoms in total. The van der Waals surface area contributed by atoms with E-state index in [-0.39, 0.29) is 0 Å². The van der Waals surface area contributed by atoms with Crippen molar-refractivity contribution in [1.29, 1.82) is 0 Å². The number of fused-ring (bicyclic) bond motifs is 1. The summed E-state index contributed by atoms with van der Waals surface area (Å²) in [5.74, 6) is 2.60. The predicted octanol–water partition coefficient (Wildman–Crippen LogP) is 5.01. The van der Waals surface area contributed by atoms with Gasteiger partial charge in [0.05, 0.1) is 19.7 Å². The summed E-state index contributed by atoms with van der Waals surface area (Å²) in [7, 11) is 3.19. The van der Waals surface area contributed by atoms with Gasteiger partial charge in [0.1, 0.15) is 11.5 Å². The lowest BCUT2D eigenvalue weighted by atomic mass is 10.1. The van der Waals surface area contributed by atoms with E-state index in [1.54, 1.807) is 26.5 Å². The van der Waals surface area contributed by atoms with Crippen LogP contribution < -0.4 is 14.2 Å². The maximum atomic E-state index is 6.16. The normalized spacial score (nSPS) is 10.6. The SMILES string of the molecule is COc1cc2nccc(Oc3ccc(C)c(Cl)c3)c2cc1OC. The molecule has 3 rings (SSSR count). The number of benzene rings is 2. The molecule has 118 valence electrons. The van der Waals surface area contributed by atoms with Gasteiger partial charge >= 0.3 is 0 Å². The zero-order valence-corrected chi connectivity index (χ0v) is 13.8. The number of methoxy groups -OCH3 is 2. The highest BCUT2D eigenvalue weighted by molar-refractivity contribution is 6.31. The van der Waals surface area contributed by atoms with Crippen LogP contribution in [0.25, 0.3) is 10.9 Å². The second kappa shape index (κ2) is 6.34. The van der Waals surface area contributed by atoms with Gasteiger partial charge in [0.15, 0.2) is 11.5 Å². The van der Waals surface area contributed by atoms with Crippen LogP contribution in [0.1, 0.15) is 5.56 Å². The van der Waals surface area contributed by atoms with Crippen LogP contribution in [0.4, 0.5) is 0 Å². The minimum Gasteiger partial charge on any atom is -0.493 e. The van der Waals surface area contributed by atoms with E-state index in [4.69, 9.17) is 25.8 Å². The van der Waals surface area contributed by atoms with Crippen molar-refractivity contribution in [3.63, 3.8) is 0 Å². The molecule has 0 unspecified atom stereocenters. The third-order valence-corrected chi connectivity index (χ3v) is 3.99. The summed E-state index contributed by atoms with van der Waals surface area (Å²) >= 11 is 6.16. The molecule has 0 atom stereocenters. The van der Waals surface area contributed by atoms with Crippen molar-refractivity contribution < 1.29 is 14.2 Å². The minimum atomic E-state index is 0.625. The molecule has 1 aromatic heterocycles. The molecule has 0 amide bonds. The van der Waals surface area contributed by atoms with E-state index < -0.39 is 0 Å². The summed E-state index contributed by atoms with van der Waals surface area (Å²) < 4.78 is 16.6. The molecule has 1 heterocycles. The molecule has 0 bridgehead atoms. The first kappa shape index (κ1) is 15.4. The lowest BCUT2D eigenvalue weighted by Gasteiger charge is -2.12. The standard InChI is InChI=1S/C18H16ClNO3/c1-11-4-5-12(8-14(11)19)23-16-6-7-20-15-10-18(22-3)17(21-2)9-13(15)16/h4-10H,1-3H3. The Morgan fingerprint density at radius 3 is 2.35 bits per heavy atom. The molecular formula is C18H16ClNO3. The second-order valence-corrected chi connectivity index (χ2v) is 5.45. The van der Waals surface area contributed by atoms with Crippen molar-refractivity contribution in [2.45, 2.75) is 6.92 Å². The number of hydrogen-bond acceptors (Lipinski definition) is 4. The smallest absolute Gasteiger partial charge is 0.162 e. The maximum Gasteiger partial charge on any atom is 0.162 e. The summed E-state index contributed by atoms with van der Waals surface area (Å²) in [6.07, 6.45) is 1.69. The summed E-state index contributed by atoms with van der Waals surface area (Å²) in [4.78, 5) is 4.36. The van der Waals surface area contributed by atoms with E-state index in [0.717, 1.165) is 16.5 Å². The molecule has 5 heteroatoms. The number of aromatic nitrogens is 1. The molecule has 0 radical (unpaired) electrons. The highest BCUT2D eigenvalue weighted by atomic mass is 35.5. The zero-order valence-electron chi connectivity index (χ0n) is 13.1. The van der Waals surface area contributed by atoms with Crippen LogP contribution in [0, 0.1) is 6.92 Å². The molecule has 0 aliphatic carbocycles. The molecule has 0 aliphatic rings. The van der Waals surface area contributed by atoms with Crippen LogP contribution in [0.15, 0.2) is 42.6 Å². The summed E-state index contributed by atoms with van der Waals surface area (Å²) in [6, 6.07) is 11.1. The number of pyridine rings is 1. The Morgan fingerprint density at radius 2 is 1.65 bits per heavy atom. The van der Waals surface area contributed by atoms with E-state index in [2.05, 4.69) is 4.98 Å². The molecule has 23 heavy (non-hydrogen) atoms. The highest BCUT2D eigenvalue weighted by Crippen LogP contribution is 2.37. The van der Waals surface area contributed by atoms with Gasteiger partial charge in [0.2, 0.25) is 0 Å². The van der Waals surface area contributed by atoms with Gasteiger partial charge in [-0.2, -0.15) is 0 Å². The van der Waals surface area contributed by atoms with Crippen LogP contribution in [-0.4, -0.2) is 19.2 Å². The number of aryl methyl sites for hydroxylation is 1. The van der Waals surface area contributed by atoms with Gasteiger partial charge in [-0.3, -0.25) is 4.98 Å². The van der Waals surface area contributed by atoms with Gasteiger partial charge in [-0.05, 0) is 36.8 Å².